The molecular formula is C15H20N2. The van der Waals surface area contributed by atoms with Crippen molar-refractivity contribution in [3.8, 4) is 0 Å². The summed E-state index contributed by atoms with van der Waals surface area (Å²) < 4.78 is 0. The van der Waals surface area contributed by atoms with Crippen LogP contribution in [0.3, 0.4) is 0 Å². The van der Waals surface area contributed by atoms with Crippen molar-refractivity contribution in [3.05, 3.63) is 42.5 Å². The van der Waals surface area contributed by atoms with E-state index in [0.29, 0.717) is 0 Å². The molecule has 2 nitrogen and oxygen atoms in total. The number of rotatable bonds is 5. The molecule has 2 aromatic rings. The lowest BCUT2D eigenvalue weighted by Crippen LogP contribution is -2.16. The summed E-state index contributed by atoms with van der Waals surface area (Å²) in [6.07, 6.45) is 1.17. The maximum atomic E-state index is 3.47. The van der Waals surface area contributed by atoms with Crippen molar-refractivity contribution in [2.24, 2.45) is 0 Å². The number of hydrogen-bond donors (Lipinski definition) is 1. The van der Waals surface area contributed by atoms with E-state index in [2.05, 4.69) is 66.8 Å². The first kappa shape index (κ1) is 11.9. The lowest BCUT2D eigenvalue weighted by Gasteiger charge is -2.11. The van der Waals surface area contributed by atoms with Crippen LogP contribution in [-0.4, -0.2) is 32.1 Å². The quantitative estimate of drug-likeness (QED) is 0.791. The zero-order chi connectivity index (χ0) is 12.1. The van der Waals surface area contributed by atoms with Gasteiger partial charge in [-0.2, -0.15) is 0 Å². The highest BCUT2D eigenvalue weighted by atomic mass is 15.1. The van der Waals surface area contributed by atoms with Gasteiger partial charge in [0.1, 0.15) is 0 Å². The van der Waals surface area contributed by atoms with Crippen molar-refractivity contribution in [3.63, 3.8) is 0 Å². The molecule has 2 aromatic carbocycles. The molecule has 0 bridgehead atoms. The highest BCUT2D eigenvalue weighted by Crippen LogP contribution is 2.18. The van der Waals surface area contributed by atoms with Crippen LogP contribution in [0, 0.1) is 0 Å². The van der Waals surface area contributed by atoms with E-state index in [1.54, 1.807) is 0 Å². The van der Waals surface area contributed by atoms with Crippen molar-refractivity contribution < 1.29 is 0 Å². The van der Waals surface area contributed by atoms with Crippen LogP contribution in [0.25, 0.3) is 10.8 Å². The molecule has 2 heteroatoms. The molecule has 0 unspecified atom stereocenters. The molecule has 0 aliphatic heterocycles. The molecule has 0 heterocycles. The molecule has 0 aliphatic rings. The van der Waals surface area contributed by atoms with Crippen molar-refractivity contribution in [1.29, 1.82) is 0 Å². The molecule has 0 spiro atoms. The van der Waals surface area contributed by atoms with Gasteiger partial charge in [-0.05, 0) is 50.0 Å². The summed E-state index contributed by atoms with van der Waals surface area (Å²) in [7, 11) is 4.21. The second kappa shape index (κ2) is 5.69. The molecule has 0 atom stereocenters. The summed E-state index contributed by atoms with van der Waals surface area (Å²) in [4.78, 5) is 2.21. The summed E-state index contributed by atoms with van der Waals surface area (Å²) >= 11 is 0. The summed E-state index contributed by atoms with van der Waals surface area (Å²) in [5.74, 6) is 0. The fourth-order valence-electron chi connectivity index (χ4n) is 1.93. The van der Waals surface area contributed by atoms with Gasteiger partial charge in [0.05, 0.1) is 0 Å². The predicted octanol–water partition coefficient (Wildman–Crippen LogP) is 3.20. The fourth-order valence-corrected chi connectivity index (χ4v) is 1.93. The van der Waals surface area contributed by atoms with E-state index in [1.807, 2.05) is 0 Å². The molecule has 0 saturated heterocycles. The normalized spacial score (nSPS) is 11.0. The predicted molar refractivity (Wildman–Crippen MR) is 75.6 cm³/mol. The first-order valence-corrected chi connectivity index (χ1v) is 6.13. The zero-order valence-electron chi connectivity index (χ0n) is 10.6. The van der Waals surface area contributed by atoms with Crippen molar-refractivity contribution in [1.82, 2.24) is 4.90 Å². The highest BCUT2D eigenvalue weighted by molar-refractivity contribution is 5.85. The van der Waals surface area contributed by atoms with E-state index in [0.717, 1.165) is 13.1 Å². The lowest BCUT2D eigenvalue weighted by atomic mass is 10.1. The van der Waals surface area contributed by atoms with Gasteiger partial charge >= 0.3 is 0 Å². The van der Waals surface area contributed by atoms with Gasteiger partial charge in [0, 0.05) is 12.2 Å². The Morgan fingerprint density at radius 1 is 1.00 bits per heavy atom. The Morgan fingerprint density at radius 2 is 1.76 bits per heavy atom. The Hall–Kier alpha value is -1.54. The summed E-state index contributed by atoms with van der Waals surface area (Å²) in [5.41, 5.74) is 1.21. The smallest absolute Gasteiger partial charge is 0.0346 e. The standard InChI is InChI=1S/C15H20N2/c1-17(2)11-5-10-16-15-9-8-13-6-3-4-7-14(13)12-15/h3-4,6-9,12,16H,5,10-11H2,1-2H3. The van der Waals surface area contributed by atoms with Crippen LogP contribution in [0.4, 0.5) is 5.69 Å². The van der Waals surface area contributed by atoms with Crippen LogP contribution in [0.2, 0.25) is 0 Å². The number of fused-ring (bicyclic) bond motifs is 1. The third-order valence-electron chi connectivity index (χ3n) is 2.86. The molecule has 2 rings (SSSR count). The number of nitrogens with zero attached hydrogens (tertiary/aromatic N) is 1. The fraction of sp³-hybridized carbons (Fsp3) is 0.333. The summed E-state index contributed by atoms with van der Waals surface area (Å²) in [6.45, 7) is 2.15. The third-order valence-corrected chi connectivity index (χ3v) is 2.86. The van der Waals surface area contributed by atoms with Gasteiger partial charge < -0.3 is 10.2 Å². The maximum absolute atomic E-state index is 3.47. The SMILES string of the molecule is CN(C)CCCNc1ccc2ccccc2c1. The van der Waals surface area contributed by atoms with E-state index in [1.165, 1.54) is 22.9 Å². The second-order valence-electron chi connectivity index (χ2n) is 4.65. The van der Waals surface area contributed by atoms with Crippen molar-refractivity contribution in [2.75, 3.05) is 32.5 Å². The Labute approximate surface area is 103 Å². The van der Waals surface area contributed by atoms with Gasteiger partial charge in [0.2, 0.25) is 0 Å². The second-order valence-corrected chi connectivity index (χ2v) is 4.65. The minimum absolute atomic E-state index is 1.02. The van der Waals surface area contributed by atoms with E-state index in [4.69, 9.17) is 0 Å². The first-order valence-electron chi connectivity index (χ1n) is 6.13. The van der Waals surface area contributed by atoms with Crippen LogP contribution < -0.4 is 5.32 Å². The Bertz CT molecular complexity index is 477. The topological polar surface area (TPSA) is 15.3 Å². The Balaban J connectivity index is 1.95. The minimum atomic E-state index is 1.02. The average molecular weight is 228 g/mol. The number of anilines is 1. The zero-order valence-corrected chi connectivity index (χ0v) is 10.6. The third kappa shape index (κ3) is 3.46. The van der Waals surface area contributed by atoms with Gasteiger partial charge in [-0.1, -0.05) is 30.3 Å². The Morgan fingerprint density at radius 3 is 2.53 bits per heavy atom. The van der Waals surface area contributed by atoms with Gasteiger partial charge in [0.25, 0.3) is 0 Å². The van der Waals surface area contributed by atoms with Gasteiger partial charge in [-0.25, -0.2) is 0 Å². The van der Waals surface area contributed by atoms with Crippen molar-refractivity contribution in [2.45, 2.75) is 6.42 Å². The van der Waals surface area contributed by atoms with Gasteiger partial charge in [-0.3, -0.25) is 0 Å². The van der Waals surface area contributed by atoms with Gasteiger partial charge in [0.15, 0.2) is 0 Å². The summed E-state index contributed by atoms with van der Waals surface area (Å²) in [5, 5.41) is 6.06. The average Bonchev–Trinajstić information content (AvgIpc) is 2.34. The van der Waals surface area contributed by atoms with E-state index >= 15 is 0 Å². The maximum Gasteiger partial charge on any atom is 0.0346 e. The molecule has 17 heavy (non-hydrogen) atoms. The number of nitrogens with one attached hydrogen (secondary N) is 1. The van der Waals surface area contributed by atoms with Gasteiger partial charge in [-0.15, -0.1) is 0 Å². The monoisotopic (exact) mass is 228 g/mol. The molecule has 0 aromatic heterocycles. The molecule has 90 valence electrons. The number of benzene rings is 2. The highest BCUT2D eigenvalue weighted by Gasteiger charge is 1.95. The first-order chi connectivity index (χ1) is 8.25. The van der Waals surface area contributed by atoms with Crippen LogP contribution in [-0.2, 0) is 0 Å². The largest absolute Gasteiger partial charge is 0.385 e. The molecule has 0 amide bonds. The molecule has 0 aliphatic carbocycles. The molecule has 0 radical (unpaired) electrons. The van der Waals surface area contributed by atoms with Crippen LogP contribution in [0.5, 0.6) is 0 Å². The van der Waals surface area contributed by atoms with E-state index < -0.39 is 0 Å². The van der Waals surface area contributed by atoms with E-state index in [9.17, 15) is 0 Å². The molecular weight excluding hydrogens is 208 g/mol. The van der Waals surface area contributed by atoms with Crippen molar-refractivity contribution >= 4 is 16.5 Å². The lowest BCUT2D eigenvalue weighted by molar-refractivity contribution is 0.405. The number of hydrogen-bond acceptors (Lipinski definition) is 2. The van der Waals surface area contributed by atoms with E-state index in [-0.39, 0.29) is 0 Å². The van der Waals surface area contributed by atoms with Crippen LogP contribution >= 0.6 is 0 Å². The molecule has 0 fully saturated rings. The Kier molecular flexibility index (Phi) is 3.99. The van der Waals surface area contributed by atoms with Crippen LogP contribution in [0.1, 0.15) is 6.42 Å². The summed E-state index contributed by atoms with van der Waals surface area (Å²) in [6, 6.07) is 15.0. The minimum Gasteiger partial charge on any atom is -0.385 e. The molecule has 0 saturated carbocycles. The molecule has 1 N–H and O–H groups in total. The van der Waals surface area contributed by atoms with Crippen LogP contribution in [0.15, 0.2) is 42.5 Å².